The van der Waals surface area contributed by atoms with E-state index in [1.807, 2.05) is 0 Å². The summed E-state index contributed by atoms with van der Waals surface area (Å²) in [5.74, 6) is 0. The van der Waals surface area contributed by atoms with Crippen molar-refractivity contribution in [2.75, 3.05) is 5.32 Å². The molecule has 4 nitrogen and oxygen atoms in total. The molecule has 0 saturated carbocycles. The Morgan fingerprint density at radius 2 is 2.23 bits per heavy atom. The van der Waals surface area contributed by atoms with Gasteiger partial charge in [-0.25, -0.2) is 10.3 Å². The molecule has 0 aromatic heterocycles. The molecule has 0 radical (unpaired) electrons. The summed E-state index contributed by atoms with van der Waals surface area (Å²) in [7, 11) is 0. The van der Waals surface area contributed by atoms with Gasteiger partial charge in [-0.15, -0.1) is 0 Å². The van der Waals surface area contributed by atoms with E-state index in [1.165, 1.54) is 5.48 Å². The molecule has 0 aliphatic rings. The van der Waals surface area contributed by atoms with Gasteiger partial charge in [-0.05, 0) is 34.1 Å². The number of hydroxylamine groups is 1. The standard InChI is InChI=1S/C7H6BrClN2O2/c8-5-2-1-4(3-6(5)9)10-7(12)11-13/h1-3,13H,(H2,10,11,12). The fraction of sp³-hybridized carbons (Fsp3) is 0. The highest BCUT2D eigenvalue weighted by molar-refractivity contribution is 9.10. The van der Waals surface area contributed by atoms with Crippen LogP contribution in [0.4, 0.5) is 10.5 Å². The number of amides is 2. The number of hydrogen-bond donors (Lipinski definition) is 3. The number of anilines is 1. The van der Waals surface area contributed by atoms with Crippen molar-refractivity contribution in [3.63, 3.8) is 0 Å². The molecule has 0 atom stereocenters. The molecule has 0 spiro atoms. The Balaban J connectivity index is 2.79. The van der Waals surface area contributed by atoms with E-state index in [1.54, 1.807) is 18.2 Å². The first-order valence-electron chi connectivity index (χ1n) is 3.29. The van der Waals surface area contributed by atoms with Gasteiger partial charge in [-0.1, -0.05) is 11.6 Å². The lowest BCUT2D eigenvalue weighted by molar-refractivity contribution is 0.172. The Kier molecular flexibility index (Phi) is 3.53. The molecule has 0 unspecified atom stereocenters. The molecule has 0 bridgehead atoms. The molecular weight excluding hydrogens is 259 g/mol. The lowest BCUT2D eigenvalue weighted by atomic mass is 10.3. The van der Waals surface area contributed by atoms with Crippen LogP contribution in [0.3, 0.4) is 0 Å². The predicted octanol–water partition coefficient (Wildman–Crippen LogP) is 2.61. The van der Waals surface area contributed by atoms with Crippen LogP contribution in [-0.2, 0) is 0 Å². The van der Waals surface area contributed by atoms with Gasteiger partial charge in [0, 0.05) is 10.2 Å². The van der Waals surface area contributed by atoms with Crippen molar-refractivity contribution in [1.82, 2.24) is 5.48 Å². The number of halogens is 2. The predicted molar refractivity (Wildman–Crippen MR) is 53.1 cm³/mol. The lowest BCUT2D eigenvalue weighted by Gasteiger charge is -2.04. The summed E-state index contributed by atoms with van der Waals surface area (Å²) in [5.41, 5.74) is 1.94. The Morgan fingerprint density at radius 1 is 1.54 bits per heavy atom. The van der Waals surface area contributed by atoms with Crippen LogP contribution in [0.5, 0.6) is 0 Å². The molecule has 1 rings (SSSR count). The van der Waals surface area contributed by atoms with E-state index in [-0.39, 0.29) is 0 Å². The van der Waals surface area contributed by atoms with E-state index in [0.717, 1.165) is 4.47 Å². The highest BCUT2D eigenvalue weighted by atomic mass is 79.9. The fourth-order valence-corrected chi connectivity index (χ4v) is 1.16. The molecule has 0 aliphatic carbocycles. The number of rotatable bonds is 1. The minimum absolute atomic E-state index is 0.482. The first-order valence-corrected chi connectivity index (χ1v) is 4.46. The van der Waals surface area contributed by atoms with Crippen molar-refractivity contribution >= 4 is 39.2 Å². The first-order chi connectivity index (χ1) is 6.13. The zero-order valence-electron chi connectivity index (χ0n) is 6.34. The molecule has 0 heterocycles. The molecular formula is C7H6BrClN2O2. The molecule has 0 aliphatic heterocycles. The molecule has 1 aromatic rings. The molecule has 13 heavy (non-hydrogen) atoms. The van der Waals surface area contributed by atoms with Gasteiger partial charge in [-0.2, -0.15) is 0 Å². The molecule has 6 heteroatoms. The summed E-state index contributed by atoms with van der Waals surface area (Å²) in [6, 6.07) is 4.18. The van der Waals surface area contributed by atoms with Crippen LogP contribution in [0.2, 0.25) is 5.02 Å². The summed E-state index contributed by atoms with van der Waals surface area (Å²) in [6.45, 7) is 0. The number of hydrogen-bond acceptors (Lipinski definition) is 2. The van der Waals surface area contributed by atoms with Crippen molar-refractivity contribution in [3.05, 3.63) is 27.7 Å². The molecule has 2 amide bonds. The van der Waals surface area contributed by atoms with Gasteiger partial charge in [0.05, 0.1) is 5.02 Å². The number of benzene rings is 1. The smallest absolute Gasteiger partial charge is 0.306 e. The monoisotopic (exact) mass is 264 g/mol. The van der Waals surface area contributed by atoms with Gasteiger partial charge in [0.2, 0.25) is 0 Å². The zero-order chi connectivity index (χ0) is 9.84. The average molecular weight is 265 g/mol. The highest BCUT2D eigenvalue weighted by Gasteiger charge is 2.01. The average Bonchev–Trinajstić information content (AvgIpc) is 2.11. The third-order valence-electron chi connectivity index (χ3n) is 1.28. The summed E-state index contributed by atoms with van der Waals surface area (Å²) in [4.78, 5) is 10.7. The van der Waals surface area contributed by atoms with Crippen molar-refractivity contribution in [3.8, 4) is 0 Å². The Labute approximate surface area is 88.0 Å². The maximum atomic E-state index is 10.7. The van der Waals surface area contributed by atoms with Crippen LogP contribution in [0.1, 0.15) is 0 Å². The quantitative estimate of drug-likeness (QED) is 0.540. The van der Waals surface area contributed by atoms with Crippen LogP contribution in [0, 0.1) is 0 Å². The number of urea groups is 1. The van der Waals surface area contributed by atoms with Crippen molar-refractivity contribution < 1.29 is 10.0 Å². The number of carbonyl (C=O) groups excluding carboxylic acids is 1. The number of nitrogens with one attached hydrogen (secondary N) is 2. The molecule has 1 aromatic carbocycles. The molecule has 3 N–H and O–H groups in total. The van der Waals surface area contributed by atoms with E-state index in [0.29, 0.717) is 10.7 Å². The summed E-state index contributed by atoms with van der Waals surface area (Å²) >= 11 is 8.96. The summed E-state index contributed by atoms with van der Waals surface area (Å²) in [6.07, 6.45) is 0. The normalized spacial score (nSPS) is 9.46. The topological polar surface area (TPSA) is 61.4 Å². The zero-order valence-corrected chi connectivity index (χ0v) is 8.69. The third-order valence-corrected chi connectivity index (χ3v) is 2.51. The maximum Gasteiger partial charge on any atom is 0.342 e. The van der Waals surface area contributed by atoms with Crippen LogP contribution in [-0.4, -0.2) is 11.2 Å². The second-order valence-electron chi connectivity index (χ2n) is 2.19. The second-order valence-corrected chi connectivity index (χ2v) is 3.46. The summed E-state index contributed by atoms with van der Waals surface area (Å²) in [5, 5.41) is 11.1. The largest absolute Gasteiger partial charge is 0.342 e. The van der Waals surface area contributed by atoms with E-state index in [9.17, 15) is 4.79 Å². The highest BCUT2D eigenvalue weighted by Crippen LogP contribution is 2.25. The fourth-order valence-electron chi connectivity index (χ4n) is 0.733. The van der Waals surface area contributed by atoms with Gasteiger partial charge in [0.15, 0.2) is 0 Å². The Morgan fingerprint density at radius 3 is 2.77 bits per heavy atom. The van der Waals surface area contributed by atoms with E-state index in [4.69, 9.17) is 16.8 Å². The maximum absolute atomic E-state index is 10.7. The van der Waals surface area contributed by atoms with Gasteiger partial charge in [0.25, 0.3) is 0 Å². The minimum Gasteiger partial charge on any atom is -0.306 e. The van der Waals surface area contributed by atoms with Gasteiger partial charge in [0.1, 0.15) is 0 Å². The van der Waals surface area contributed by atoms with Crippen molar-refractivity contribution in [2.45, 2.75) is 0 Å². The van der Waals surface area contributed by atoms with Gasteiger partial charge in [-0.3, -0.25) is 5.21 Å². The molecule has 0 saturated heterocycles. The Hall–Kier alpha value is -0.780. The molecule has 0 fully saturated rings. The van der Waals surface area contributed by atoms with E-state index < -0.39 is 6.03 Å². The first kappa shape index (κ1) is 10.3. The SMILES string of the molecule is O=C(NO)Nc1ccc(Br)c(Cl)c1. The third kappa shape index (κ3) is 2.87. The summed E-state index contributed by atoms with van der Waals surface area (Å²) < 4.78 is 0.740. The lowest BCUT2D eigenvalue weighted by Crippen LogP contribution is -2.24. The van der Waals surface area contributed by atoms with Crippen LogP contribution < -0.4 is 10.8 Å². The van der Waals surface area contributed by atoms with Crippen molar-refractivity contribution in [1.29, 1.82) is 0 Å². The second kappa shape index (κ2) is 4.45. The van der Waals surface area contributed by atoms with E-state index in [2.05, 4.69) is 21.2 Å². The van der Waals surface area contributed by atoms with Gasteiger partial charge < -0.3 is 5.32 Å². The van der Waals surface area contributed by atoms with E-state index >= 15 is 0 Å². The van der Waals surface area contributed by atoms with Crippen LogP contribution in [0.15, 0.2) is 22.7 Å². The van der Waals surface area contributed by atoms with Crippen molar-refractivity contribution in [2.24, 2.45) is 0 Å². The molecule has 70 valence electrons. The number of carbonyl (C=O) groups is 1. The minimum atomic E-state index is -0.710. The Bertz CT molecular complexity index is 332. The van der Waals surface area contributed by atoms with Gasteiger partial charge >= 0.3 is 6.03 Å². The van der Waals surface area contributed by atoms with Crippen LogP contribution >= 0.6 is 27.5 Å². The van der Waals surface area contributed by atoms with Crippen LogP contribution in [0.25, 0.3) is 0 Å².